The van der Waals surface area contributed by atoms with Crippen molar-refractivity contribution in [3.8, 4) is 0 Å². The van der Waals surface area contributed by atoms with Crippen molar-refractivity contribution in [2.45, 2.75) is 65.2 Å². The van der Waals surface area contributed by atoms with Gasteiger partial charge in [-0.1, -0.05) is 13.8 Å². The van der Waals surface area contributed by atoms with E-state index < -0.39 is 11.7 Å². The monoisotopic (exact) mass is 201 g/mol. The fraction of sp³-hybridized carbons (Fsp3) is 1.00. The third-order valence-electron chi connectivity index (χ3n) is 3.33. The summed E-state index contributed by atoms with van der Waals surface area (Å²) in [4.78, 5) is 0. The Kier molecular flexibility index (Phi) is 2.97. The maximum Gasteiger partial charge on any atom is 0.121 e. The van der Waals surface area contributed by atoms with Gasteiger partial charge in [0.05, 0.1) is 0 Å². The van der Waals surface area contributed by atoms with Crippen molar-refractivity contribution in [3.63, 3.8) is 0 Å². The van der Waals surface area contributed by atoms with E-state index in [9.17, 15) is 4.39 Å². The highest BCUT2D eigenvalue weighted by Gasteiger charge is 2.46. The van der Waals surface area contributed by atoms with E-state index in [0.717, 1.165) is 6.42 Å². The van der Waals surface area contributed by atoms with Gasteiger partial charge in [-0.25, -0.2) is 4.39 Å². The smallest absolute Gasteiger partial charge is 0.121 e. The van der Waals surface area contributed by atoms with Crippen molar-refractivity contribution in [2.75, 3.05) is 0 Å². The highest BCUT2D eigenvalue weighted by atomic mass is 19.1. The Morgan fingerprint density at radius 2 is 1.71 bits per heavy atom. The van der Waals surface area contributed by atoms with Crippen LogP contribution in [0.4, 0.5) is 4.39 Å². The Morgan fingerprint density at radius 1 is 1.21 bits per heavy atom. The van der Waals surface area contributed by atoms with Crippen LogP contribution in [0.1, 0.15) is 48.0 Å². The van der Waals surface area contributed by atoms with Crippen LogP contribution in [0, 0.1) is 11.8 Å². The number of alkyl halides is 1. The molecule has 1 saturated heterocycles. The molecule has 1 nitrogen and oxygen atoms in total. The number of rotatable bonds is 1. The van der Waals surface area contributed by atoms with E-state index in [4.69, 9.17) is 0 Å². The van der Waals surface area contributed by atoms with Gasteiger partial charge in [0.1, 0.15) is 6.17 Å². The third kappa shape index (κ3) is 2.28. The number of piperidine rings is 1. The number of halogens is 1. The Balaban J connectivity index is 2.88. The maximum absolute atomic E-state index is 14.2. The molecule has 1 fully saturated rings. The highest BCUT2D eigenvalue weighted by molar-refractivity contribution is 5.03. The number of hydrogen-bond donors (Lipinski definition) is 1. The van der Waals surface area contributed by atoms with Gasteiger partial charge in [-0.05, 0) is 46.0 Å². The fourth-order valence-electron chi connectivity index (χ4n) is 2.79. The molecule has 0 spiro atoms. The van der Waals surface area contributed by atoms with Crippen LogP contribution in [0.15, 0.2) is 0 Å². The lowest BCUT2D eigenvalue weighted by atomic mass is 9.70. The van der Waals surface area contributed by atoms with Crippen molar-refractivity contribution in [2.24, 2.45) is 11.8 Å². The zero-order chi connectivity index (χ0) is 11.1. The molecule has 0 saturated carbocycles. The van der Waals surface area contributed by atoms with E-state index in [2.05, 4.69) is 33.0 Å². The summed E-state index contributed by atoms with van der Waals surface area (Å²) in [6.45, 7) is 12.5. The first-order valence-electron chi connectivity index (χ1n) is 5.59. The Labute approximate surface area is 87.5 Å². The normalized spacial score (nSPS) is 36.0. The van der Waals surface area contributed by atoms with Gasteiger partial charge in [0.2, 0.25) is 0 Å². The maximum atomic E-state index is 14.2. The molecule has 1 heterocycles. The van der Waals surface area contributed by atoms with Gasteiger partial charge >= 0.3 is 0 Å². The van der Waals surface area contributed by atoms with Gasteiger partial charge in [0.15, 0.2) is 0 Å². The van der Waals surface area contributed by atoms with E-state index in [1.165, 1.54) is 0 Å². The van der Waals surface area contributed by atoms with Crippen LogP contribution >= 0.6 is 0 Å². The van der Waals surface area contributed by atoms with Gasteiger partial charge in [0.25, 0.3) is 0 Å². The van der Waals surface area contributed by atoms with Crippen LogP contribution in [-0.2, 0) is 0 Å². The molecule has 0 radical (unpaired) electrons. The fourth-order valence-corrected chi connectivity index (χ4v) is 2.79. The zero-order valence-electron chi connectivity index (χ0n) is 10.3. The van der Waals surface area contributed by atoms with Crippen molar-refractivity contribution < 1.29 is 4.39 Å². The summed E-state index contributed by atoms with van der Waals surface area (Å²) in [7, 11) is 0. The lowest BCUT2D eigenvalue weighted by molar-refractivity contribution is 0.00369. The second-order valence-corrected chi connectivity index (χ2v) is 6.24. The first-order chi connectivity index (χ1) is 6.16. The second kappa shape index (κ2) is 3.48. The lowest BCUT2D eigenvalue weighted by Gasteiger charge is -2.50. The van der Waals surface area contributed by atoms with E-state index in [1.54, 1.807) is 0 Å². The Morgan fingerprint density at radius 3 is 2.14 bits per heavy atom. The molecule has 1 aliphatic rings. The first kappa shape index (κ1) is 12.0. The summed E-state index contributed by atoms with van der Waals surface area (Å²) in [5.74, 6) is 0.604. The molecule has 84 valence electrons. The van der Waals surface area contributed by atoms with Crippen molar-refractivity contribution >= 4 is 0 Å². The standard InChI is InChI=1S/C12H24FN/c1-8(2)9-7-11(3,4)14-12(5,6)10(9)13/h8-10,14H,7H2,1-6H3/t9-,10+/m1/s1. The average Bonchev–Trinajstić information content (AvgIpc) is 1.94. The molecule has 1 rings (SSSR count). The minimum atomic E-state index is -0.740. The molecule has 0 unspecified atom stereocenters. The highest BCUT2D eigenvalue weighted by Crippen LogP contribution is 2.38. The van der Waals surface area contributed by atoms with Crippen LogP contribution < -0.4 is 5.32 Å². The molecule has 1 aliphatic heterocycles. The zero-order valence-corrected chi connectivity index (χ0v) is 10.3. The molecule has 0 bridgehead atoms. The molecule has 1 N–H and O–H groups in total. The van der Waals surface area contributed by atoms with Crippen molar-refractivity contribution in [1.29, 1.82) is 0 Å². The molecular weight excluding hydrogens is 177 g/mol. The van der Waals surface area contributed by atoms with Crippen LogP contribution in [0.2, 0.25) is 0 Å². The van der Waals surface area contributed by atoms with E-state index in [0.29, 0.717) is 5.92 Å². The van der Waals surface area contributed by atoms with Crippen LogP contribution in [-0.4, -0.2) is 17.2 Å². The topological polar surface area (TPSA) is 12.0 Å². The molecule has 0 amide bonds. The molecule has 14 heavy (non-hydrogen) atoms. The number of nitrogens with one attached hydrogen (secondary N) is 1. The van der Waals surface area contributed by atoms with Crippen LogP contribution in [0.25, 0.3) is 0 Å². The molecule has 0 aromatic heterocycles. The number of hydrogen-bond acceptors (Lipinski definition) is 1. The minimum Gasteiger partial charge on any atom is -0.304 e. The van der Waals surface area contributed by atoms with Crippen molar-refractivity contribution in [1.82, 2.24) is 5.32 Å². The van der Waals surface area contributed by atoms with Gasteiger partial charge < -0.3 is 5.32 Å². The van der Waals surface area contributed by atoms with Gasteiger partial charge in [-0.3, -0.25) is 0 Å². The Hall–Kier alpha value is -0.110. The molecule has 2 atom stereocenters. The van der Waals surface area contributed by atoms with Gasteiger partial charge in [0, 0.05) is 11.1 Å². The predicted molar refractivity (Wildman–Crippen MR) is 59.1 cm³/mol. The van der Waals surface area contributed by atoms with E-state index >= 15 is 0 Å². The van der Waals surface area contributed by atoms with Crippen molar-refractivity contribution in [3.05, 3.63) is 0 Å². The summed E-state index contributed by atoms with van der Waals surface area (Å²) in [5.41, 5.74) is -0.336. The van der Waals surface area contributed by atoms with Crippen LogP contribution in [0.3, 0.4) is 0 Å². The summed E-state index contributed by atoms with van der Waals surface area (Å²) >= 11 is 0. The lowest BCUT2D eigenvalue weighted by Crippen LogP contribution is -2.64. The third-order valence-corrected chi connectivity index (χ3v) is 3.33. The van der Waals surface area contributed by atoms with E-state index in [-0.39, 0.29) is 11.5 Å². The summed E-state index contributed by atoms with van der Waals surface area (Å²) in [5, 5.41) is 3.39. The summed E-state index contributed by atoms with van der Waals surface area (Å²) in [6, 6.07) is 0. The quantitative estimate of drug-likeness (QED) is 0.687. The second-order valence-electron chi connectivity index (χ2n) is 6.24. The van der Waals surface area contributed by atoms with Gasteiger partial charge in [-0.2, -0.15) is 0 Å². The minimum absolute atomic E-state index is 0.0566. The van der Waals surface area contributed by atoms with Gasteiger partial charge in [-0.15, -0.1) is 0 Å². The predicted octanol–water partition coefficient (Wildman–Crippen LogP) is 3.15. The molecule has 2 heteroatoms. The largest absolute Gasteiger partial charge is 0.304 e. The molecule has 0 aliphatic carbocycles. The molecule has 0 aromatic rings. The Bertz CT molecular complexity index is 208. The SMILES string of the molecule is CC(C)[C@H]1CC(C)(C)NC(C)(C)[C@H]1F. The van der Waals surface area contributed by atoms with Crippen LogP contribution in [0.5, 0.6) is 0 Å². The molecule has 0 aromatic carbocycles. The summed E-state index contributed by atoms with van der Waals surface area (Å²) in [6.07, 6.45) is 0.186. The van der Waals surface area contributed by atoms with E-state index in [1.807, 2.05) is 13.8 Å². The first-order valence-corrected chi connectivity index (χ1v) is 5.59. The average molecular weight is 201 g/mol. The molecular formula is C12H24FN. The summed E-state index contributed by atoms with van der Waals surface area (Å²) < 4.78 is 14.2.